The van der Waals surface area contributed by atoms with Crippen LogP contribution in [-0.2, 0) is 16.2 Å². The number of rotatable bonds is 7. The number of imide groups is 1. The number of hydrogen-bond acceptors (Lipinski definition) is 6. The third-order valence-corrected chi connectivity index (χ3v) is 7.23. The van der Waals surface area contributed by atoms with E-state index in [4.69, 9.17) is 9.84 Å². The van der Waals surface area contributed by atoms with Gasteiger partial charge in [-0.1, -0.05) is 18.2 Å². The van der Waals surface area contributed by atoms with Gasteiger partial charge < -0.3 is 14.7 Å². The molecule has 0 aliphatic carbocycles. The summed E-state index contributed by atoms with van der Waals surface area (Å²) < 4.78 is 6.66. The fourth-order valence-electron chi connectivity index (χ4n) is 3.62. The molecule has 8 nitrogen and oxygen atoms in total. The predicted octanol–water partition coefficient (Wildman–Crippen LogP) is 4.23. The van der Waals surface area contributed by atoms with Crippen molar-refractivity contribution in [3.8, 4) is 5.75 Å². The van der Waals surface area contributed by atoms with Crippen molar-refractivity contribution in [1.82, 2.24) is 9.80 Å². The number of nitrogens with zero attached hydrogens (tertiary/aromatic N) is 2. The van der Waals surface area contributed by atoms with Crippen molar-refractivity contribution in [3.63, 3.8) is 0 Å². The summed E-state index contributed by atoms with van der Waals surface area (Å²) >= 11 is 2.96. The van der Waals surface area contributed by atoms with E-state index in [0.29, 0.717) is 18.8 Å². The Kier molecular flexibility index (Phi) is 7.57. The summed E-state index contributed by atoms with van der Waals surface area (Å²) in [7, 11) is 0. The van der Waals surface area contributed by atoms with Crippen molar-refractivity contribution < 1.29 is 29.0 Å². The third-order valence-electron chi connectivity index (χ3n) is 5.47. The molecule has 0 unspecified atom stereocenters. The molecule has 2 saturated heterocycles. The number of carbonyl (C=O) groups excluding carboxylic acids is 3. The maximum atomic E-state index is 12.7. The van der Waals surface area contributed by atoms with Crippen LogP contribution in [0.1, 0.15) is 34.3 Å². The smallest absolute Gasteiger partial charge is 0.335 e. The maximum absolute atomic E-state index is 12.7. The van der Waals surface area contributed by atoms with Crippen molar-refractivity contribution >= 4 is 63.5 Å². The molecule has 2 fully saturated rings. The van der Waals surface area contributed by atoms with Gasteiger partial charge in [0.05, 0.1) is 14.0 Å². The summed E-state index contributed by atoms with van der Waals surface area (Å²) in [4.78, 5) is 51.4. The van der Waals surface area contributed by atoms with Gasteiger partial charge in [-0.25, -0.2) is 4.79 Å². The van der Waals surface area contributed by atoms with E-state index in [1.165, 1.54) is 12.1 Å². The summed E-state index contributed by atoms with van der Waals surface area (Å²) in [5, 5.41) is 8.54. The predicted molar refractivity (Wildman–Crippen MR) is 135 cm³/mol. The summed E-state index contributed by atoms with van der Waals surface area (Å²) in [6.45, 7) is 1.40. The molecule has 2 aromatic rings. The number of benzene rings is 2. The zero-order valence-electron chi connectivity index (χ0n) is 18.0. The number of ether oxygens (including phenoxy) is 1. The molecule has 0 spiro atoms. The minimum atomic E-state index is -0.978. The molecule has 2 aliphatic heterocycles. The molecule has 1 N–H and O–H groups in total. The molecule has 0 radical (unpaired) electrons. The van der Waals surface area contributed by atoms with Crippen molar-refractivity contribution in [1.29, 1.82) is 0 Å². The highest BCUT2D eigenvalue weighted by Crippen LogP contribution is 2.33. The third kappa shape index (κ3) is 5.61. The van der Waals surface area contributed by atoms with E-state index in [1.54, 1.807) is 35.2 Å². The largest absolute Gasteiger partial charge is 0.488 e. The van der Waals surface area contributed by atoms with Crippen LogP contribution in [0.25, 0.3) is 6.08 Å². The molecule has 2 aliphatic rings. The van der Waals surface area contributed by atoms with Gasteiger partial charge in [-0.15, -0.1) is 0 Å². The Morgan fingerprint density at radius 3 is 2.44 bits per heavy atom. The highest BCUT2D eigenvalue weighted by atomic mass is 127. The van der Waals surface area contributed by atoms with Crippen molar-refractivity contribution in [2.24, 2.45) is 0 Å². The molecule has 10 heteroatoms. The lowest BCUT2D eigenvalue weighted by atomic mass is 10.1. The molecule has 4 rings (SSSR count). The van der Waals surface area contributed by atoms with E-state index in [9.17, 15) is 19.2 Å². The van der Waals surface area contributed by atoms with Crippen LogP contribution in [0.4, 0.5) is 4.79 Å². The number of halogens is 1. The van der Waals surface area contributed by atoms with Gasteiger partial charge in [-0.2, -0.15) is 0 Å². The first-order valence-corrected chi connectivity index (χ1v) is 12.5. The van der Waals surface area contributed by atoms with E-state index >= 15 is 0 Å². The number of likely N-dealkylation sites (tertiary alicyclic amines) is 1. The lowest BCUT2D eigenvalue weighted by Gasteiger charge is -2.18. The van der Waals surface area contributed by atoms with Gasteiger partial charge in [0.25, 0.3) is 11.1 Å². The van der Waals surface area contributed by atoms with E-state index in [-0.39, 0.29) is 29.5 Å². The molecular formula is C24H21IN2O6S. The van der Waals surface area contributed by atoms with Gasteiger partial charge in [0.15, 0.2) is 0 Å². The molecule has 2 aromatic carbocycles. The summed E-state index contributed by atoms with van der Waals surface area (Å²) in [5.74, 6) is -0.990. The van der Waals surface area contributed by atoms with Crippen molar-refractivity contribution in [2.45, 2.75) is 19.4 Å². The molecule has 0 bridgehead atoms. The Morgan fingerprint density at radius 1 is 1.09 bits per heavy atom. The fourth-order valence-corrected chi connectivity index (χ4v) is 5.15. The topological polar surface area (TPSA) is 104 Å². The Morgan fingerprint density at radius 2 is 1.79 bits per heavy atom. The number of carbonyl (C=O) groups is 4. The summed E-state index contributed by atoms with van der Waals surface area (Å²) in [5.41, 5.74) is 1.79. The average Bonchev–Trinajstić information content (AvgIpc) is 3.44. The van der Waals surface area contributed by atoms with Crippen LogP contribution in [-0.4, -0.2) is 57.6 Å². The van der Waals surface area contributed by atoms with Gasteiger partial charge in [0.1, 0.15) is 18.9 Å². The normalized spacial score (nSPS) is 17.0. The molecule has 34 heavy (non-hydrogen) atoms. The molecule has 0 aromatic heterocycles. The van der Waals surface area contributed by atoms with Gasteiger partial charge in [0, 0.05) is 13.1 Å². The van der Waals surface area contributed by atoms with E-state index in [1.807, 2.05) is 6.07 Å². The lowest BCUT2D eigenvalue weighted by Crippen LogP contribution is -2.40. The first kappa shape index (κ1) is 24.3. The second kappa shape index (κ2) is 10.6. The number of hydrogen-bond donors (Lipinski definition) is 1. The second-order valence-electron chi connectivity index (χ2n) is 7.84. The molecule has 176 valence electrons. The molecule has 2 heterocycles. The van der Waals surface area contributed by atoms with E-state index in [2.05, 4.69) is 22.6 Å². The number of carboxylic acid groups (broad SMARTS) is 1. The van der Waals surface area contributed by atoms with Gasteiger partial charge in [0.2, 0.25) is 5.91 Å². The van der Waals surface area contributed by atoms with Gasteiger partial charge in [-0.05, 0) is 88.7 Å². The standard InChI is InChI=1S/C24H21IN2O6S/c25-18-11-16(5-8-19(18)33-14-15-3-6-17(7-4-15)23(30)31)12-20-22(29)27(24(32)34-20)13-21(28)26-9-1-2-10-26/h3-8,11-12H,1-2,9-10,13-14H2,(H,30,31)/b20-12+. The monoisotopic (exact) mass is 592 g/mol. The molecule has 0 atom stereocenters. The highest BCUT2D eigenvalue weighted by Gasteiger charge is 2.37. The van der Waals surface area contributed by atoms with Crippen LogP contribution in [0.3, 0.4) is 0 Å². The number of thioether (sulfide) groups is 1. The summed E-state index contributed by atoms with van der Waals surface area (Å²) in [6, 6.07) is 11.9. The van der Waals surface area contributed by atoms with Crippen LogP contribution in [0.5, 0.6) is 5.75 Å². The summed E-state index contributed by atoms with van der Waals surface area (Å²) in [6.07, 6.45) is 3.54. The second-order valence-corrected chi connectivity index (χ2v) is 9.99. The Labute approximate surface area is 214 Å². The molecule has 0 saturated carbocycles. The number of aromatic carboxylic acids is 1. The van der Waals surface area contributed by atoms with Crippen LogP contribution in [0.15, 0.2) is 47.4 Å². The quantitative estimate of drug-likeness (QED) is 0.379. The zero-order chi connectivity index (χ0) is 24.2. The van der Waals surface area contributed by atoms with Crippen molar-refractivity contribution in [2.75, 3.05) is 19.6 Å². The minimum Gasteiger partial charge on any atom is -0.488 e. The van der Waals surface area contributed by atoms with Crippen LogP contribution in [0.2, 0.25) is 0 Å². The van der Waals surface area contributed by atoms with Crippen LogP contribution >= 0.6 is 34.4 Å². The lowest BCUT2D eigenvalue weighted by molar-refractivity contribution is -0.135. The van der Waals surface area contributed by atoms with Gasteiger partial charge in [-0.3, -0.25) is 19.3 Å². The zero-order valence-corrected chi connectivity index (χ0v) is 21.0. The average molecular weight is 592 g/mol. The minimum absolute atomic E-state index is 0.199. The Hall–Kier alpha value is -2.86. The first-order valence-electron chi connectivity index (χ1n) is 10.6. The molecule has 3 amide bonds. The Bertz CT molecular complexity index is 1170. The SMILES string of the molecule is O=C(O)c1ccc(COc2ccc(/C=C3/SC(=O)N(CC(=O)N4CCCC4)C3=O)cc2I)cc1. The van der Waals surface area contributed by atoms with Gasteiger partial charge >= 0.3 is 5.97 Å². The fraction of sp³-hybridized carbons (Fsp3) is 0.250. The van der Waals surface area contributed by atoms with Crippen LogP contribution in [0, 0.1) is 3.57 Å². The van der Waals surface area contributed by atoms with E-state index < -0.39 is 17.1 Å². The maximum Gasteiger partial charge on any atom is 0.335 e. The first-order chi connectivity index (χ1) is 16.3. The highest BCUT2D eigenvalue weighted by molar-refractivity contribution is 14.1. The van der Waals surface area contributed by atoms with Crippen molar-refractivity contribution in [3.05, 3.63) is 67.6 Å². The van der Waals surface area contributed by atoms with Crippen LogP contribution < -0.4 is 4.74 Å². The molecular weight excluding hydrogens is 571 g/mol. The Balaban J connectivity index is 1.39. The van der Waals surface area contributed by atoms with E-state index in [0.717, 1.165) is 44.2 Å². The number of amides is 3. The number of carboxylic acids is 1.